The number of nitrogens with one attached hydrogen (secondary N) is 2. The van der Waals surface area contributed by atoms with Crippen molar-refractivity contribution in [2.75, 3.05) is 13.1 Å². The van der Waals surface area contributed by atoms with E-state index in [4.69, 9.17) is 4.98 Å². The van der Waals surface area contributed by atoms with Crippen LogP contribution in [0.5, 0.6) is 0 Å². The highest BCUT2D eigenvalue weighted by molar-refractivity contribution is 5.97. The second-order valence-corrected chi connectivity index (χ2v) is 9.61. The van der Waals surface area contributed by atoms with Crippen LogP contribution in [-0.4, -0.2) is 53.1 Å². The molecule has 7 rings (SSSR count). The Kier molecular flexibility index (Phi) is 5.44. The molecule has 0 spiro atoms. The normalized spacial score (nSPS) is 14.5. The van der Waals surface area contributed by atoms with Crippen LogP contribution in [0.15, 0.2) is 73.3 Å². The van der Waals surface area contributed by atoms with Crippen LogP contribution in [0.25, 0.3) is 56.0 Å². The third-order valence-corrected chi connectivity index (χ3v) is 7.10. The maximum Gasteiger partial charge on any atom is 0.178 e. The molecule has 6 heterocycles. The van der Waals surface area contributed by atoms with Crippen LogP contribution in [0.2, 0.25) is 0 Å². The van der Waals surface area contributed by atoms with Gasteiger partial charge in [-0.3, -0.25) is 20.0 Å². The predicted molar refractivity (Wildman–Crippen MR) is 145 cm³/mol. The third kappa shape index (κ3) is 4.15. The molecule has 2 N–H and O–H groups in total. The minimum absolute atomic E-state index is 0.639. The van der Waals surface area contributed by atoms with E-state index in [2.05, 4.69) is 59.3 Å². The van der Waals surface area contributed by atoms with Gasteiger partial charge in [-0.25, -0.2) is 9.97 Å². The third-order valence-electron chi connectivity index (χ3n) is 7.10. The highest BCUT2D eigenvalue weighted by Gasteiger charge is 2.17. The smallest absolute Gasteiger partial charge is 0.178 e. The number of H-pyrrole nitrogens is 2. The highest BCUT2D eigenvalue weighted by Crippen LogP contribution is 2.32. The first kappa shape index (κ1) is 21.8. The van der Waals surface area contributed by atoms with Crippen LogP contribution >= 0.6 is 0 Å². The summed E-state index contributed by atoms with van der Waals surface area (Å²) in [6.45, 7) is 3.29. The number of benzene rings is 1. The second kappa shape index (κ2) is 9.22. The summed E-state index contributed by atoms with van der Waals surface area (Å²) in [6.07, 6.45) is 11.4. The minimum Gasteiger partial charge on any atom is -0.335 e. The number of likely N-dealkylation sites (tertiary alicyclic amines) is 1. The van der Waals surface area contributed by atoms with Crippen molar-refractivity contribution in [3.05, 3.63) is 78.9 Å². The molecule has 37 heavy (non-hydrogen) atoms. The summed E-state index contributed by atoms with van der Waals surface area (Å²) in [4.78, 5) is 24.3. The number of rotatable bonds is 5. The molecule has 8 heteroatoms. The lowest BCUT2D eigenvalue weighted by Crippen LogP contribution is -2.29. The van der Waals surface area contributed by atoms with E-state index in [0.29, 0.717) is 11.5 Å². The molecule has 0 amide bonds. The number of pyridine rings is 3. The van der Waals surface area contributed by atoms with Crippen molar-refractivity contribution in [1.82, 2.24) is 40.0 Å². The van der Waals surface area contributed by atoms with Gasteiger partial charge in [0.15, 0.2) is 11.5 Å². The SMILES string of the molecule is c1ccc(-c2ccnc3nc(-c4n[nH]c5ccc(-c6cncc(CN7CCCCC7)c6)cc45)[nH]c23)nc1. The van der Waals surface area contributed by atoms with Crippen molar-refractivity contribution in [2.24, 2.45) is 0 Å². The van der Waals surface area contributed by atoms with Crippen LogP contribution in [0, 0.1) is 0 Å². The largest absolute Gasteiger partial charge is 0.335 e. The molecule has 0 bridgehead atoms. The number of hydrogen-bond donors (Lipinski definition) is 2. The monoisotopic (exact) mass is 486 g/mol. The molecule has 8 nitrogen and oxygen atoms in total. The topological polar surface area (TPSA) is 99.3 Å². The molecule has 1 aliphatic rings. The zero-order valence-electron chi connectivity index (χ0n) is 20.4. The molecule has 182 valence electrons. The zero-order chi connectivity index (χ0) is 24.6. The highest BCUT2D eigenvalue weighted by atomic mass is 15.1. The van der Waals surface area contributed by atoms with E-state index in [0.717, 1.165) is 51.0 Å². The lowest BCUT2D eigenvalue weighted by atomic mass is 10.0. The maximum absolute atomic E-state index is 4.78. The number of fused-ring (bicyclic) bond motifs is 2. The Morgan fingerprint density at radius 1 is 0.865 bits per heavy atom. The van der Waals surface area contributed by atoms with Crippen LogP contribution in [0.3, 0.4) is 0 Å². The van der Waals surface area contributed by atoms with Crippen molar-refractivity contribution >= 4 is 22.1 Å². The number of aromatic nitrogens is 7. The number of piperidine rings is 1. The summed E-state index contributed by atoms with van der Waals surface area (Å²) in [5.74, 6) is 0.672. The van der Waals surface area contributed by atoms with Crippen LogP contribution in [0.4, 0.5) is 0 Å². The molecule has 1 fully saturated rings. The zero-order valence-corrected chi connectivity index (χ0v) is 20.4. The molecule has 0 saturated carbocycles. The van der Waals surface area contributed by atoms with Gasteiger partial charge in [0.1, 0.15) is 5.69 Å². The first-order valence-corrected chi connectivity index (χ1v) is 12.7. The van der Waals surface area contributed by atoms with E-state index in [-0.39, 0.29) is 0 Å². The Morgan fingerprint density at radius 2 is 1.81 bits per heavy atom. The average molecular weight is 487 g/mol. The van der Waals surface area contributed by atoms with E-state index in [9.17, 15) is 0 Å². The molecular weight excluding hydrogens is 460 g/mol. The lowest BCUT2D eigenvalue weighted by molar-refractivity contribution is 0.220. The fourth-order valence-corrected chi connectivity index (χ4v) is 5.24. The van der Waals surface area contributed by atoms with Crippen LogP contribution < -0.4 is 0 Å². The van der Waals surface area contributed by atoms with E-state index >= 15 is 0 Å². The van der Waals surface area contributed by atoms with Gasteiger partial charge in [-0.05, 0) is 73.5 Å². The maximum atomic E-state index is 4.78. The number of aromatic amines is 2. The predicted octanol–water partition coefficient (Wildman–Crippen LogP) is 5.61. The summed E-state index contributed by atoms with van der Waals surface area (Å²) in [5, 5.41) is 8.76. The molecule has 1 aromatic carbocycles. The molecular formula is C29H26N8. The standard InChI is InChI=1S/C29H26N8/c1-4-12-37(13-5-1)18-19-14-21(17-30-16-19)20-7-8-25-23(15-20)27(36-35-25)29-33-26-22(9-11-32-28(26)34-29)24-6-2-3-10-31-24/h2-3,6-11,14-17H,1,4-5,12-13,18H2,(H,35,36)(H,32,33,34). The lowest BCUT2D eigenvalue weighted by Gasteiger charge is -2.26. The van der Waals surface area contributed by atoms with Crippen molar-refractivity contribution in [1.29, 1.82) is 0 Å². The summed E-state index contributed by atoms with van der Waals surface area (Å²) in [5.41, 5.74) is 8.49. The number of imidazole rings is 1. The summed E-state index contributed by atoms with van der Waals surface area (Å²) < 4.78 is 0. The van der Waals surface area contributed by atoms with Crippen molar-refractivity contribution < 1.29 is 0 Å². The van der Waals surface area contributed by atoms with Gasteiger partial charge >= 0.3 is 0 Å². The second-order valence-electron chi connectivity index (χ2n) is 9.61. The molecule has 0 aliphatic carbocycles. The first-order chi connectivity index (χ1) is 18.3. The van der Waals surface area contributed by atoms with Gasteiger partial charge in [0.2, 0.25) is 0 Å². The minimum atomic E-state index is 0.639. The van der Waals surface area contributed by atoms with Gasteiger partial charge in [0.05, 0.1) is 16.7 Å². The van der Waals surface area contributed by atoms with Gasteiger partial charge in [0, 0.05) is 47.8 Å². The summed E-state index contributed by atoms with van der Waals surface area (Å²) >= 11 is 0. The molecule has 0 unspecified atom stereocenters. The summed E-state index contributed by atoms with van der Waals surface area (Å²) in [7, 11) is 0. The fourth-order valence-electron chi connectivity index (χ4n) is 5.24. The number of hydrogen-bond acceptors (Lipinski definition) is 6. The Morgan fingerprint density at radius 3 is 2.70 bits per heavy atom. The summed E-state index contributed by atoms with van der Waals surface area (Å²) in [6, 6.07) is 16.4. The van der Waals surface area contributed by atoms with Crippen molar-refractivity contribution in [2.45, 2.75) is 25.8 Å². The van der Waals surface area contributed by atoms with Crippen molar-refractivity contribution in [3.8, 4) is 33.9 Å². The van der Waals surface area contributed by atoms with Gasteiger partial charge in [-0.15, -0.1) is 0 Å². The van der Waals surface area contributed by atoms with Crippen LogP contribution in [-0.2, 0) is 6.54 Å². The quantitative estimate of drug-likeness (QED) is 0.329. The van der Waals surface area contributed by atoms with Gasteiger partial charge in [0.25, 0.3) is 0 Å². The average Bonchev–Trinajstić information content (AvgIpc) is 3.58. The van der Waals surface area contributed by atoms with Crippen LogP contribution in [0.1, 0.15) is 24.8 Å². The fraction of sp³-hybridized carbons (Fsp3) is 0.207. The Bertz CT molecular complexity index is 1700. The van der Waals surface area contributed by atoms with E-state index in [1.54, 1.807) is 12.4 Å². The molecule has 0 atom stereocenters. The Hall–Kier alpha value is -4.43. The number of nitrogens with zero attached hydrogens (tertiary/aromatic N) is 6. The van der Waals surface area contributed by atoms with Gasteiger partial charge < -0.3 is 4.98 Å². The molecule has 6 aromatic rings. The Labute approximate surface area is 213 Å². The molecule has 1 aliphatic heterocycles. The first-order valence-electron chi connectivity index (χ1n) is 12.7. The van der Waals surface area contributed by atoms with Gasteiger partial charge in [-0.2, -0.15) is 5.10 Å². The molecule has 5 aromatic heterocycles. The van der Waals surface area contributed by atoms with E-state index in [1.807, 2.05) is 36.7 Å². The van der Waals surface area contributed by atoms with E-state index in [1.165, 1.54) is 37.9 Å². The molecule has 0 radical (unpaired) electrons. The van der Waals surface area contributed by atoms with E-state index < -0.39 is 0 Å². The molecule has 1 saturated heterocycles. The Balaban J connectivity index is 1.26. The van der Waals surface area contributed by atoms with Crippen molar-refractivity contribution in [3.63, 3.8) is 0 Å². The van der Waals surface area contributed by atoms with Gasteiger partial charge in [-0.1, -0.05) is 18.6 Å².